The Bertz CT molecular complexity index is 839. The minimum atomic E-state index is -1.09. The number of rotatable bonds is 6. The van der Waals surface area contributed by atoms with Gasteiger partial charge in [0.15, 0.2) is 5.69 Å². The molecule has 2 aromatic rings. The van der Waals surface area contributed by atoms with Gasteiger partial charge in [0.2, 0.25) is 11.8 Å². The Morgan fingerprint density at radius 3 is 2.60 bits per heavy atom. The average Bonchev–Trinajstić information content (AvgIpc) is 3.28. The second-order valence-electron chi connectivity index (χ2n) is 5.96. The molecule has 0 atom stereocenters. The van der Waals surface area contributed by atoms with Gasteiger partial charge in [-0.3, -0.25) is 9.59 Å². The predicted octanol–water partition coefficient (Wildman–Crippen LogP) is 0.713. The smallest absolute Gasteiger partial charge is 0.356 e. The maximum atomic E-state index is 12.3. The number of carbonyl (C=O) groups excluding carboxylic acids is 2. The first-order valence-electron chi connectivity index (χ1n) is 7.85. The van der Waals surface area contributed by atoms with Crippen LogP contribution in [0.4, 0.5) is 0 Å². The zero-order chi connectivity index (χ0) is 18.0. The molecule has 1 aliphatic rings. The number of hydrogen-bond acceptors (Lipinski definition) is 4. The van der Waals surface area contributed by atoms with Gasteiger partial charge in [0, 0.05) is 19.8 Å². The van der Waals surface area contributed by atoms with Crippen LogP contribution in [0.15, 0.2) is 36.5 Å². The Labute approximate surface area is 143 Å². The summed E-state index contributed by atoms with van der Waals surface area (Å²) in [5.41, 5.74) is 0.544. The van der Waals surface area contributed by atoms with Gasteiger partial charge in [0.25, 0.3) is 0 Å². The Balaban J connectivity index is 1.69. The zero-order valence-corrected chi connectivity index (χ0v) is 13.7. The number of carboxylic acids is 1. The summed E-state index contributed by atoms with van der Waals surface area (Å²) in [6.45, 7) is 0.276. The lowest BCUT2D eigenvalue weighted by atomic mass is 10.1. The van der Waals surface area contributed by atoms with Crippen LogP contribution in [0.1, 0.15) is 28.9 Å². The van der Waals surface area contributed by atoms with E-state index >= 15 is 0 Å². The molecule has 0 saturated heterocycles. The van der Waals surface area contributed by atoms with Crippen molar-refractivity contribution in [1.82, 2.24) is 20.4 Å². The molecule has 3 N–H and O–H groups in total. The van der Waals surface area contributed by atoms with E-state index in [0.29, 0.717) is 18.5 Å². The molecule has 0 spiro atoms. The van der Waals surface area contributed by atoms with Crippen LogP contribution in [0, 0.1) is 5.41 Å². The van der Waals surface area contributed by atoms with Crippen molar-refractivity contribution in [3.63, 3.8) is 0 Å². The molecule has 0 unspecified atom stereocenters. The van der Waals surface area contributed by atoms with Crippen molar-refractivity contribution < 1.29 is 19.5 Å². The molecular weight excluding hydrogens is 324 g/mol. The third kappa shape index (κ3) is 3.23. The van der Waals surface area contributed by atoms with E-state index in [2.05, 4.69) is 15.7 Å². The van der Waals surface area contributed by atoms with Crippen molar-refractivity contribution >= 4 is 17.8 Å². The topological polar surface area (TPSA) is 113 Å². The minimum absolute atomic E-state index is 0.0417. The maximum Gasteiger partial charge on any atom is 0.356 e. The molecule has 2 amide bonds. The van der Waals surface area contributed by atoms with Crippen molar-refractivity contribution in [2.24, 2.45) is 5.41 Å². The van der Waals surface area contributed by atoms with Crippen molar-refractivity contribution in [3.05, 3.63) is 47.8 Å². The van der Waals surface area contributed by atoms with Crippen LogP contribution in [0.3, 0.4) is 0 Å². The molecule has 1 aromatic carbocycles. The van der Waals surface area contributed by atoms with Crippen molar-refractivity contribution in [2.45, 2.75) is 19.4 Å². The number of nitrogens with one attached hydrogen (secondary N) is 2. The van der Waals surface area contributed by atoms with Crippen LogP contribution >= 0.6 is 0 Å². The van der Waals surface area contributed by atoms with E-state index in [9.17, 15) is 14.4 Å². The number of carboxylic acid groups (broad SMARTS) is 1. The fourth-order valence-corrected chi connectivity index (χ4v) is 2.66. The highest BCUT2D eigenvalue weighted by Gasteiger charge is 2.55. The van der Waals surface area contributed by atoms with Gasteiger partial charge in [-0.05, 0) is 36.6 Å². The maximum absolute atomic E-state index is 12.3. The molecule has 8 heteroatoms. The molecule has 25 heavy (non-hydrogen) atoms. The molecule has 130 valence electrons. The number of benzene rings is 1. The van der Waals surface area contributed by atoms with E-state index in [1.807, 2.05) is 6.07 Å². The Kier molecular flexibility index (Phi) is 4.26. The summed E-state index contributed by atoms with van der Waals surface area (Å²) in [5, 5.41) is 18.2. The molecule has 1 saturated carbocycles. The SMILES string of the molecule is CNC(=O)C1(C(=O)NCc2cccc(-n3ccc(C(=O)O)n3)c2)CC1. The number of nitrogens with zero attached hydrogens (tertiary/aromatic N) is 2. The van der Waals surface area contributed by atoms with Crippen molar-refractivity contribution in [1.29, 1.82) is 0 Å². The van der Waals surface area contributed by atoms with Gasteiger partial charge in [-0.2, -0.15) is 5.10 Å². The number of amides is 2. The Morgan fingerprint density at radius 1 is 1.24 bits per heavy atom. The van der Waals surface area contributed by atoms with Crippen LogP contribution < -0.4 is 10.6 Å². The van der Waals surface area contributed by atoms with Crippen LogP contribution in [0.2, 0.25) is 0 Å². The van der Waals surface area contributed by atoms with Gasteiger partial charge in [-0.1, -0.05) is 12.1 Å². The first-order valence-corrected chi connectivity index (χ1v) is 7.85. The van der Waals surface area contributed by atoms with Crippen LogP contribution in [-0.4, -0.2) is 39.7 Å². The molecule has 1 heterocycles. The molecule has 3 rings (SSSR count). The summed E-state index contributed by atoms with van der Waals surface area (Å²) in [4.78, 5) is 35.0. The second kappa shape index (κ2) is 6.39. The van der Waals surface area contributed by atoms with E-state index in [1.54, 1.807) is 24.4 Å². The van der Waals surface area contributed by atoms with Crippen molar-refractivity contribution in [2.75, 3.05) is 7.05 Å². The summed E-state index contributed by atoms with van der Waals surface area (Å²) in [7, 11) is 1.52. The summed E-state index contributed by atoms with van der Waals surface area (Å²) in [6.07, 6.45) is 2.68. The Morgan fingerprint density at radius 2 is 2.00 bits per heavy atom. The van der Waals surface area contributed by atoms with Gasteiger partial charge >= 0.3 is 5.97 Å². The molecule has 0 bridgehead atoms. The van der Waals surface area contributed by atoms with E-state index in [4.69, 9.17) is 5.11 Å². The third-order valence-electron chi connectivity index (χ3n) is 4.28. The fraction of sp³-hybridized carbons (Fsp3) is 0.294. The van der Waals surface area contributed by atoms with Crippen LogP contribution in [-0.2, 0) is 16.1 Å². The molecule has 0 aliphatic heterocycles. The van der Waals surface area contributed by atoms with Gasteiger partial charge < -0.3 is 15.7 Å². The van der Waals surface area contributed by atoms with Gasteiger partial charge in [-0.25, -0.2) is 9.48 Å². The lowest BCUT2D eigenvalue weighted by molar-refractivity contribution is -0.137. The molecule has 0 radical (unpaired) electrons. The van der Waals surface area contributed by atoms with Gasteiger partial charge in [0.1, 0.15) is 5.41 Å². The van der Waals surface area contributed by atoms with E-state index in [0.717, 1.165) is 5.56 Å². The van der Waals surface area contributed by atoms with E-state index in [-0.39, 0.29) is 24.1 Å². The normalized spacial score (nSPS) is 14.6. The number of aromatic carboxylic acids is 1. The summed E-state index contributed by atoms with van der Waals surface area (Å²) >= 11 is 0. The third-order valence-corrected chi connectivity index (χ3v) is 4.28. The quantitative estimate of drug-likeness (QED) is 0.669. The molecule has 1 fully saturated rings. The largest absolute Gasteiger partial charge is 0.476 e. The van der Waals surface area contributed by atoms with Gasteiger partial charge in [0.05, 0.1) is 5.69 Å². The highest BCUT2D eigenvalue weighted by Crippen LogP contribution is 2.46. The van der Waals surface area contributed by atoms with E-state index < -0.39 is 11.4 Å². The first kappa shape index (κ1) is 16.7. The zero-order valence-electron chi connectivity index (χ0n) is 13.7. The standard InChI is InChI=1S/C17H18N4O4/c1-18-15(24)17(6-7-17)16(25)19-10-11-3-2-4-12(9-11)21-8-5-13(20-21)14(22)23/h2-5,8-9H,6-7,10H2,1H3,(H,18,24)(H,19,25)(H,22,23). The lowest BCUT2D eigenvalue weighted by Gasteiger charge is -2.14. The minimum Gasteiger partial charge on any atom is -0.476 e. The second-order valence-corrected chi connectivity index (χ2v) is 5.96. The monoisotopic (exact) mass is 342 g/mol. The molecule has 1 aromatic heterocycles. The first-order chi connectivity index (χ1) is 12.0. The van der Waals surface area contributed by atoms with Crippen LogP contribution in [0.5, 0.6) is 0 Å². The van der Waals surface area contributed by atoms with Gasteiger partial charge in [-0.15, -0.1) is 0 Å². The molecular formula is C17H18N4O4. The molecule has 8 nitrogen and oxygen atoms in total. The number of aromatic nitrogens is 2. The number of hydrogen-bond donors (Lipinski definition) is 3. The highest BCUT2D eigenvalue weighted by atomic mass is 16.4. The summed E-state index contributed by atoms with van der Waals surface area (Å²) in [5.74, 6) is -1.62. The summed E-state index contributed by atoms with van der Waals surface area (Å²) in [6, 6.07) is 8.64. The van der Waals surface area contributed by atoms with E-state index in [1.165, 1.54) is 17.8 Å². The number of carbonyl (C=O) groups is 3. The fourth-order valence-electron chi connectivity index (χ4n) is 2.66. The average molecular weight is 342 g/mol. The molecule has 1 aliphatic carbocycles. The van der Waals surface area contributed by atoms with Crippen LogP contribution in [0.25, 0.3) is 5.69 Å². The lowest BCUT2D eigenvalue weighted by Crippen LogP contribution is -2.41. The summed E-state index contributed by atoms with van der Waals surface area (Å²) < 4.78 is 1.46. The predicted molar refractivity (Wildman–Crippen MR) is 88.1 cm³/mol. The Hall–Kier alpha value is -3.16. The van der Waals surface area contributed by atoms with Crippen molar-refractivity contribution in [3.8, 4) is 5.69 Å². The highest BCUT2D eigenvalue weighted by molar-refractivity contribution is 6.07.